The van der Waals surface area contributed by atoms with Crippen LogP contribution in [0.25, 0.3) is 0 Å². The topological polar surface area (TPSA) is 53.4 Å². The molecule has 0 radical (unpaired) electrons. The molecule has 1 fully saturated rings. The summed E-state index contributed by atoms with van der Waals surface area (Å²) in [6, 6.07) is 0. The lowest BCUT2D eigenvalue weighted by Crippen LogP contribution is -2.24. The summed E-state index contributed by atoms with van der Waals surface area (Å²) in [5.74, 6) is -0.0462. The Morgan fingerprint density at radius 2 is 2.37 bits per heavy atom. The Morgan fingerprint density at radius 3 is 3.05 bits per heavy atom. The van der Waals surface area contributed by atoms with Crippen molar-refractivity contribution < 1.29 is 9.90 Å². The maximum Gasteiger partial charge on any atom is 0.365 e. The highest BCUT2D eigenvalue weighted by Crippen LogP contribution is 2.23. The quantitative estimate of drug-likeness (QED) is 0.900. The van der Waals surface area contributed by atoms with Crippen LogP contribution in [0.2, 0.25) is 0 Å². The molecule has 2 heterocycles. The molecule has 1 aliphatic heterocycles. The number of carboxylic acid groups (broad SMARTS) is 1. The second kappa shape index (κ2) is 7.01. The molecular weight excluding hydrogens is 260 g/mol. The fraction of sp³-hybridized carbons (Fsp3) is 0.714. The van der Waals surface area contributed by atoms with Gasteiger partial charge in [0.1, 0.15) is 0 Å². The van der Waals surface area contributed by atoms with Gasteiger partial charge in [-0.05, 0) is 38.3 Å². The number of aromatic carboxylic acids is 1. The van der Waals surface area contributed by atoms with Gasteiger partial charge >= 0.3 is 5.97 Å². The highest BCUT2D eigenvalue weighted by molar-refractivity contribution is 7.11. The van der Waals surface area contributed by atoms with E-state index < -0.39 is 5.97 Å². The molecular formula is C14H22N2O2S. The second-order valence-electron chi connectivity index (χ2n) is 5.31. The number of likely N-dealkylation sites (tertiary alicyclic amines) is 1. The summed E-state index contributed by atoms with van der Waals surface area (Å²) >= 11 is 1.22. The number of rotatable bonds is 5. The summed E-state index contributed by atoms with van der Waals surface area (Å²) in [6.45, 7) is 5.28. The predicted octanol–water partition coefficient (Wildman–Crippen LogP) is 3.24. The summed E-state index contributed by atoms with van der Waals surface area (Å²) in [5.41, 5.74) is 0.899. The predicted molar refractivity (Wildman–Crippen MR) is 76.6 cm³/mol. The molecule has 1 saturated heterocycles. The first-order valence-electron chi connectivity index (χ1n) is 7.09. The van der Waals surface area contributed by atoms with Gasteiger partial charge in [-0.15, -0.1) is 11.3 Å². The third kappa shape index (κ3) is 4.28. The molecule has 0 aromatic carbocycles. The minimum Gasteiger partial charge on any atom is -0.476 e. The van der Waals surface area contributed by atoms with Crippen molar-refractivity contribution >= 4 is 17.3 Å². The number of carbonyl (C=O) groups is 1. The molecule has 1 unspecified atom stereocenters. The lowest BCUT2D eigenvalue weighted by atomic mass is 9.96. The van der Waals surface area contributed by atoms with Crippen LogP contribution in [0.3, 0.4) is 0 Å². The highest BCUT2D eigenvalue weighted by atomic mass is 32.1. The van der Waals surface area contributed by atoms with E-state index in [1.54, 1.807) is 0 Å². The molecule has 19 heavy (non-hydrogen) atoms. The zero-order valence-electron chi connectivity index (χ0n) is 11.5. The first kappa shape index (κ1) is 14.5. The second-order valence-corrected chi connectivity index (χ2v) is 6.17. The van der Waals surface area contributed by atoms with Crippen LogP contribution in [-0.2, 0) is 6.54 Å². The molecule has 106 valence electrons. The Bertz CT molecular complexity index is 419. The zero-order valence-corrected chi connectivity index (χ0v) is 12.3. The van der Waals surface area contributed by atoms with Gasteiger partial charge in [-0.1, -0.05) is 19.8 Å². The normalized spacial score (nSPS) is 21.2. The van der Waals surface area contributed by atoms with Crippen molar-refractivity contribution in [1.82, 2.24) is 9.88 Å². The van der Waals surface area contributed by atoms with Crippen LogP contribution in [0.15, 0.2) is 5.38 Å². The van der Waals surface area contributed by atoms with Crippen LogP contribution in [0.5, 0.6) is 0 Å². The average Bonchev–Trinajstić information content (AvgIpc) is 2.73. The minimum absolute atomic E-state index is 0.202. The van der Waals surface area contributed by atoms with Gasteiger partial charge in [0.25, 0.3) is 0 Å². The summed E-state index contributed by atoms with van der Waals surface area (Å²) in [7, 11) is 0. The van der Waals surface area contributed by atoms with Gasteiger partial charge in [-0.25, -0.2) is 9.78 Å². The fourth-order valence-electron chi connectivity index (χ4n) is 2.79. The lowest BCUT2D eigenvalue weighted by molar-refractivity contribution is 0.0696. The molecule has 0 aliphatic carbocycles. The number of carboxylic acids is 1. The molecule has 5 heteroatoms. The van der Waals surface area contributed by atoms with Gasteiger partial charge in [0.05, 0.1) is 5.69 Å². The first-order chi connectivity index (χ1) is 9.19. The summed E-state index contributed by atoms with van der Waals surface area (Å²) < 4.78 is 0. The summed E-state index contributed by atoms with van der Waals surface area (Å²) in [5, 5.41) is 11.0. The maximum atomic E-state index is 10.8. The van der Waals surface area contributed by atoms with E-state index in [1.807, 2.05) is 5.38 Å². The molecule has 1 aromatic heterocycles. The largest absolute Gasteiger partial charge is 0.476 e. The zero-order chi connectivity index (χ0) is 13.7. The molecule has 0 bridgehead atoms. The highest BCUT2D eigenvalue weighted by Gasteiger charge is 2.18. The van der Waals surface area contributed by atoms with E-state index in [1.165, 1.54) is 43.4 Å². The van der Waals surface area contributed by atoms with Gasteiger partial charge in [0.15, 0.2) is 0 Å². The van der Waals surface area contributed by atoms with Crippen LogP contribution >= 0.6 is 11.3 Å². The van der Waals surface area contributed by atoms with E-state index in [4.69, 9.17) is 5.11 Å². The standard InChI is InChI=1S/C14H22N2O2S/c1-2-4-11-5-3-7-16(8-6-11)9-12-10-19-13(15-12)14(17)18/h10-11H,2-9H2,1H3,(H,17,18). The number of thiazole rings is 1. The van der Waals surface area contributed by atoms with E-state index in [0.717, 1.165) is 31.2 Å². The molecule has 0 spiro atoms. The van der Waals surface area contributed by atoms with E-state index in [-0.39, 0.29) is 5.01 Å². The molecule has 0 saturated carbocycles. The minimum atomic E-state index is -0.921. The Morgan fingerprint density at radius 1 is 1.53 bits per heavy atom. The van der Waals surface area contributed by atoms with Crippen molar-refractivity contribution in [1.29, 1.82) is 0 Å². The molecule has 1 atom stereocenters. The van der Waals surface area contributed by atoms with Gasteiger partial charge in [0.2, 0.25) is 5.01 Å². The van der Waals surface area contributed by atoms with Crippen LogP contribution in [0.4, 0.5) is 0 Å². The molecule has 2 rings (SSSR count). The Labute approximate surface area is 118 Å². The van der Waals surface area contributed by atoms with Crippen LogP contribution < -0.4 is 0 Å². The Hall–Kier alpha value is -0.940. The van der Waals surface area contributed by atoms with Crippen molar-refractivity contribution in [3.05, 3.63) is 16.1 Å². The van der Waals surface area contributed by atoms with E-state index >= 15 is 0 Å². The third-order valence-corrected chi connectivity index (χ3v) is 4.64. The van der Waals surface area contributed by atoms with Gasteiger partial charge in [-0.3, -0.25) is 4.90 Å². The average molecular weight is 282 g/mol. The van der Waals surface area contributed by atoms with Crippen molar-refractivity contribution in [2.45, 2.75) is 45.6 Å². The molecule has 1 aromatic rings. The molecule has 4 nitrogen and oxygen atoms in total. The number of nitrogens with zero attached hydrogens (tertiary/aromatic N) is 2. The van der Waals surface area contributed by atoms with Crippen LogP contribution in [0.1, 0.15) is 54.5 Å². The van der Waals surface area contributed by atoms with Crippen molar-refractivity contribution in [2.75, 3.05) is 13.1 Å². The molecule has 1 aliphatic rings. The maximum absolute atomic E-state index is 10.8. The van der Waals surface area contributed by atoms with Crippen molar-refractivity contribution in [3.8, 4) is 0 Å². The fourth-order valence-corrected chi connectivity index (χ4v) is 3.43. The first-order valence-corrected chi connectivity index (χ1v) is 7.97. The summed E-state index contributed by atoms with van der Waals surface area (Å²) in [6.07, 6.45) is 6.47. The van der Waals surface area contributed by atoms with Gasteiger partial charge in [0, 0.05) is 11.9 Å². The molecule has 0 amide bonds. The van der Waals surface area contributed by atoms with E-state index in [0.29, 0.717) is 0 Å². The monoisotopic (exact) mass is 282 g/mol. The van der Waals surface area contributed by atoms with Gasteiger partial charge in [-0.2, -0.15) is 0 Å². The van der Waals surface area contributed by atoms with Crippen molar-refractivity contribution in [2.24, 2.45) is 5.92 Å². The van der Waals surface area contributed by atoms with Crippen LogP contribution in [0, 0.1) is 5.92 Å². The Kier molecular flexibility index (Phi) is 5.34. The van der Waals surface area contributed by atoms with Gasteiger partial charge < -0.3 is 5.11 Å². The van der Waals surface area contributed by atoms with Crippen molar-refractivity contribution in [3.63, 3.8) is 0 Å². The van der Waals surface area contributed by atoms with Crippen LogP contribution in [-0.4, -0.2) is 34.0 Å². The third-order valence-electron chi connectivity index (χ3n) is 3.76. The summed E-state index contributed by atoms with van der Waals surface area (Å²) in [4.78, 5) is 17.4. The van der Waals surface area contributed by atoms with E-state index in [2.05, 4.69) is 16.8 Å². The lowest BCUT2D eigenvalue weighted by Gasteiger charge is -2.18. The number of hydrogen-bond acceptors (Lipinski definition) is 4. The SMILES string of the molecule is CCCC1CCCN(Cc2csc(C(=O)O)n2)CC1. The van der Waals surface area contributed by atoms with E-state index in [9.17, 15) is 4.79 Å². The Balaban J connectivity index is 1.86. The number of hydrogen-bond donors (Lipinski definition) is 1. The smallest absolute Gasteiger partial charge is 0.365 e. The number of aromatic nitrogens is 1. The molecule has 1 N–H and O–H groups in total.